The number of aliphatic hydroxyl groups excluding tert-OH is 1. The van der Waals surface area contributed by atoms with E-state index < -0.39 is 11.0 Å². The highest BCUT2D eigenvalue weighted by atomic mass is 35.5. The molecule has 1 aromatic rings. The van der Waals surface area contributed by atoms with Crippen LogP contribution in [0.3, 0.4) is 0 Å². The second-order valence-corrected chi connectivity index (χ2v) is 6.13. The molecular formula is C16H23ClN4O5. The lowest BCUT2D eigenvalue weighted by atomic mass is 10.2. The fraction of sp³-hybridized carbons (Fsp3) is 0.562. The van der Waals surface area contributed by atoms with Crippen LogP contribution in [0.4, 0.5) is 21.9 Å². The highest BCUT2D eigenvalue weighted by Gasteiger charge is 2.23. The van der Waals surface area contributed by atoms with E-state index in [0.29, 0.717) is 38.5 Å². The van der Waals surface area contributed by atoms with E-state index in [4.69, 9.17) is 16.3 Å². The summed E-state index contributed by atoms with van der Waals surface area (Å²) >= 11 is 5.56. The van der Waals surface area contributed by atoms with E-state index in [1.54, 1.807) is 24.0 Å². The van der Waals surface area contributed by atoms with E-state index in [1.807, 2.05) is 4.90 Å². The molecule has 1 aromatic carbocycles. The lowest BCUT2D eigenvalue weighted by Gasteiger charge is -2.35. The maximum atomic E-state index is 11.8. The Balaban J connectivity index is 2.08. The van der Waals surface area contributed by atoms with Gasteiger partial charge in [0.25, 0.3) is 5.69 Å². The first-order valence-corrected chi connectivity index (χ1v) is 8.92. The van der Waals surface area contributed by atoms with E-state index in [1.165, 1.54) is 6.07 Å². The molecule has 1 aliphatic rings. The normalized spacial score (nSPS) is 15.5. The van der Waals surface area contributed by atoms with Gasteiger partial charge in [-0.3, -0.25) is 10.1 Å². The van der Waals surface area contributed by atoms with E-state index >= 15 is 0 Å². The van der Waals surface area contributed by atoms with Gasteiger partial charge in [0.2, 0.25) is 0 Å². The second kappa shape index (κ2) is 9.44. The lowest BCUT2D eigenvalue weighted by Crippen LogP contribution is -2.49. The molecule has 1 heterocycles. The van der Waals surface area contributed by atoms with Crippen LogP contribution in [0.15, 0.2) is 18.2 Å². The molecule has 1 fully saturated rings. The summed E-state index contributed by atoms with van der Waals surface area (Å²) in [5, 5.41) is 23.7. The number of hydrogen-bond donors (Lipinski definition) is 2. The fourth-order valence-corrected chi connectivity index (χ4v) is 2.77. The first-order valence-electron chi connectivity index (χ1n) is 8.39. The number of anilines is 2. The zero-order chi connectivity index (χ0) is 19.1. The molecule has 0 aromatic heterocycles. The van der Waals surface area contributed by atoms with Gasteiger partial charge < -0.3 is 25.0 Å². The smallest absolute Gasteiger partial charge is 0.409 e. The Hall–Kier alpha value is -2.26. The molecule has 0 aliphatic carbocycles. The Morgan fingerprint density at radius 2 is 2.12 bits per heavy atom. The number of nitrogens with zero attached hydrogens (tertiary/aromatic N) is 3. The van der Waals surface area contributed by atoms with Crippen LogP contribution in [0.1, 0.15) is 6.92 Å². The van der Waals surface area contributed by atoms with Crippen molar-refractivity contribution in [2.45, 2.75) is 13.0 Å². The fourth-order valence-electron chi connectivity index (χ4n) is 2.67. The summed E-state index contributed by atoms with van der Waals surface area (Å²) in [5.41, 5.74) is 1.06. The zero-order valence-corrected chi connectivity index (χ0v) is 15.3. The Morgan fingerprint density at radius 1 is 1.42 bits per heavy atom. The molecule has 26 heavy (non-hydrogen) atoms. The predicted octanol–water partition coefficient (Wildman–Crippen LogP) is 1.88. The van der Waals surface area contributed by atoms with Crippen molar-refractivity contribution in [2.75, 3.05) is 55.4 Å². The van der Waals surface area contributed by atoms with Gasteiger partial charge in [-0.15, -0.1) is 11.6 Å². The van der Waals surface area contributed by atoms with Crippen molar-refractivity contribution in [3.05, 3.63) is 28.3 Å². The van der Waals surface area contributed by atoms with Gasteiger partial charge in [0, 0.05) is 44.5 Å². The third kappa shape index (κ3) is 5.12. The van der Waals surface area contributed by atoms with Crippen LogP contribution in [0.2, 0.25) is 0 Å². The summed E-state index contributed by atoms with van der Waals surface area (Å²) in [4.78, 5) is 26.2. The third-order valence-corrected chi connectivity index (χ3v) is 4.41. The van der Waals surface area contributed by atoms with Crippen molar-refractivity contribution in [1.29, 1.82) is 0 Å². The van der Waals surface area contributed by atoms with Crippen molar-refractivity contribution in [3.8, 4) is 0 Å². The lowest BCUT2D eigenvalue weighted by molar-refractivity contribution is -0.383. The molecule has 1 atom stereocenters. The van der Waals surface area contributed by atoms with Crippen LogP contribution in [0, 0.1) is 10.1 Å². The van der Waals surface area contributed by atoms with Gasteiger partial charge in [-0.05, 0) is 19.1 Å². The molecular weight excluding hydrogens is 364 g/mol. The van der Waals surface area contributed by atoms with Crippen LogP contribution in [-0.2, 0) is 4.74 Å². The number of halogens is 1. The number of amides is 1. The number of nitrogens with one attached hydrogen (secondary N) is 1. The zero-order valence-electron chi connectivity index (χ0n) is 14.6. The summed E-state index contributed by atoms with van der Waals surface area (Å²) in [7, 11) is 0. The van der Waals surface area contributed by atoms with Crippen LogP contribution in [0.25, 0.3) is 0 Å². The Labute approximate surface area is 156 Å². The first kappa shape index (κ1) is 20.1. The maximum absolute atomic E-state index is 11.8. The average Bonchev–Trinajstić information content (AvgIpc) is 2.66. The molecule has 1 amide bonds. The van der Waals surface area contributed by atoms with Crippen LogP contribution < -0.4 is 10.2 Å². The van der Waals surface area contributed by atoms with Crippen molar-refractivity contribution in [3.63, 3.8) is 0 Å². The van der Waals surface area contributed by atoms with E-state index in [0.717, 1.165) is 5.69 Å². The minimum absolute atomic E-state index is 0.0380. The van der Waals surface area contributed by atoms with Gasteiger partial charge >= 0.3 is 6.09 Å². The molecule has 10 heteroatoms. The highest BCUT2D eigenvalue weighted by Crippen LogP contribution is 2.30. The molecule has 0 spiro atoms. The van der Waals surface area contributed by atoms with Crippen LogP contribution in [0.5, 0.6) is 0 Å². The Kier molecular flexibility index (Phi) is 7.28. The molecule has 0 radical (unpaired) electrons. The number of piperazine rings is 1. The number of nitro groups is 1. The van der Waals surface area contributed by atoms with Gasteiger partial charge in [-0.25, -0.2) is 4.79 Å². The standard InChI is InChI=1S/C16H23ClN4O5/c1-2-26-16(23)20-7-5-19(6-8-20)12-3-4-15(21(24)25)14(9-12)18-11-13(22)10-17/h3-4,9,13,18,22H,2,5-8,10-11H2,1H3. The van der Waals surface area contributed by atoms with E-state index in [2.05, 4.69) is 5.32 Å². The molecule has 9 nitrogen and oxygen atoms in total. The average molecular weight is 387 g/mol. The van der Waals surface area contributed by atoms with Crippen LogP contribution in [-0.4, -0.2) is 72.3 Å². The summed E-state index contributed by atoms with van der Waals surface area (Å²) in [5.74, 6) is 0.0380. The van der Waals surface area contributed by atoms with E-state index in [9.17, 15) is 20.0 Å². The summed E-state index contributed by atoms with van der Waals surface area (Å²) in [6, 6.07) is 4.79. The van der Waals surface area contributed by atoms with Crippen molar-refractivity contribution in [2.24, 2.45) is 0 Å². The number of nitro benzene ring substituents is 1. The largest absolute Gasteiger partial charge is 0.450 e. The SMILES string of the molecule is CCOC(=O)N1CCN(c2ccc([N+](=O)[O-])c(NCC(O)CCl)c2)CC1. The summed E-state index contributed by atoms with van der Waals surface area (Å²) in [6.07, 6.45) is -1.12. The molecule has 1 unspecified atom stereocenters. The molecule has 2 rings (SSSR count). The molecule has 2 N–H and O–H groups in total. The van der Waals surface area contributed by atoms with Gasteiger partial charge in [-0.1, -0.05) is 0 Å². The predicted molar refractivity (Wildman–Crippen MR) is 99.1 cm³/mol. The molecule has 1 aliphatic heterocycles. The third-order valence-electron chi connectivity index (χ3n) is 4.05. The topological polar surface area (TPSA) is 108 Å². The first-order chi connectivity index (χ1) is 12.5. The minimum atomic E-state index is -0.798. The number of ether oxygens (including phenoxy) is 1. The van der Waals surface area contributed by atoms with Crippen molar-refractivity contribution < 1.29 is 19.6 Å². The highest BCUT2D eigenvalue weighted by molar-refractivity contribution is 6.18. The Morgan fingerprint density at radius 3 is 2.69 bits per heavy atom. The number of hydrogen-bond acceptors (Lipinski definition) is 7. The summed E-state index contributed by atoms with van der Waals surface area (Å²) < 4.78 is 5.00. The Bertz CT molecular complexity index is 637. The number of benzene rings is 1. The second-order valence-electron chi connectivity index (χ2n) is 5.82. The number of carbonyl (C=O) groups is 1. The van der Waals surface area contributed by atoms with Gasteiger partial charge in [0.05, 0.1) is 23.5 Å². The van der Waals surface area contributed by atoms with Gasteiger partial charge in [0.1, 0.15) is 5.69 Å². The maximum Gasteiger partial charge on any atom is 0.409 e. The monoisotopic (exact) mass is 386 g/mol. The number of carbonyl (C=O) groups excluding carboxylic acids is 1. The van der Waals surface area contributed by atoms with Gasteiger partial charge in [-0.2, -0.15) is 0 Å². The van der Waals surface area contributed by atoms with Gasteiger partial charge in [0.15, 0.2) is 0 Å². The van der Waals surface area contributed by atoms with Crippen molar-refractivity contribution in [1.82, 2.24) is 4.90 Å². The van der Waals surface area contributed by atoms with E-state index in [-0.39, 0.29) is 24.2 Å². The number of aliphatic hydroxyl groups is 1. The summed E-state index contributed by atoms with van der Waals surface area (Å²) in [6.45, 7) is 4.45. The molecule has 1 saturated heterocycles. The minimum Gasteiger partial charge on any atom is -0.450 e. The van der Waals surface area contributed by atoms with Crippen molar-refractivity contribution >= 4 is 34.8 Å². The van der Waals surface area contributed by atoms with Crippen LogP contribution >= 0.6 is 11.6 Å². The quantitative estimate of drug-likeness (QED) is 0.418. The number of rotatable bonds is 7. The molecule has 144 valence electrons. The molecule has 0 saturated carbocycles. The number of alkyl halides is 1. The molecule has 0 bridgehead atoms.